The zero-order valence-electron chi connectivity index (χ0n) is 10.3. The van der Waals surface area contributed by atoms with Gasteiger partial charge in [0, 0.05) is 25.3 Å². The fraction of sp³-hybridized carbons (Fsp3) is 0.538. The van der Waals surface area contributed by atoms with Gasteiger partial charge in [-0.3, -0.25) is 0 Å². The highest BCUT2D eigenvalue weighted by atomic mass is 16.3. The highest BCUT2D eigenvalue weighted by Gasteiger charge is 2.19. The summed E-state index contributed by atoms with van der Waals surface area (Å²) in [6.45, 7) is 2.46. The molecule has 0 bridgehead atoms. The first-order valence-corrected chi connectivity index (χ1v) is 6.29. The smallest absolute Gasteiger partial charge is 0.163 e. The molecule has 0 saturated carbocycles. The molecule has 1 unspecified atom stereocenters. The molecule has 2 heterocycles. The van der Waals surface area contributed by atoms with Gasteiger partial charge in [0.1, 0.15) is 6.07 Å². The average molecular weight is 246 g/mol. The van der Waals surface area contributed by atoms with Crippen molar-refractivity contribution < 1.29 is 5.11 Å². The first kappa shape index (κ1) is 12.8. The molecule has 0 spiro atoms. The summed E-state index contributed by atoms with van der Waals surface area (Å²) in [7, 11) is 0. The van der Waals surface area contributed by atoms with Crippen molar-refractivity contribution in [1.29, 1.82) is 5.26 Å². The number of hydrogen-bond acceptors (Lipinski definition) is 5. The van der Waals surface area contributed by atoms with Crippen molar-refractivity contribution in [2.75, 3.05) is 31.1 Å². The summed E-state index contributed by atoms with van der Waals surface area (Å²) in [4.78, 5) is 6.11. The van der Waals surface area contributed by atoms with Crippen molar-refractivity contribution in [3.8, 4) is 6.07 Å². The van der Waals surface area contributed by atoms with Gasteiger partial charge < -0.3 is 15.3 Å². The van der Waals surface area contributed by atoms with Crippen LogP contribution in [-0.4, -0.2) is 42.4 Å². The van der Waals surface area contributed by atoms with E-state index in [0.717, 1.165) is 25.2 Å². The Labute approximate surface area is 107 Å². The maximum absolute atomic E-state index is 9.17. The second-order valence-corrected chi connectivity index (χ2v) is 4.45. The third-order valence-electron chi connectivity index (χ3n) is 3.21. The van der Waals surface area contributed by atoms with E-state index in [9.17, 15) is 5.11 Å². The van der Waals surface area contributed by atoms with Crippen LogP contribution >= 0.6 is 0 Å². The Kier molecular flexibility index (Phi) is 4.51. The molecule has 96 valence electrons. The number of nitrogens with zero attached hydrogens (tertiary/aromatic N) is 3. The molecule has 1 fully saturated rings. The van der Waals surface area contributed by atoms with E-state index in [1.807, 2.05) is 17.0 Å². The van der Waals surface area contributed by atoms with Gasteiger partial charge in [0.25, 0.3) is 0 Å². The number of hydrogen-bond donors (Lipinski definition) is 2. The third kappa shape index (κ3) is 2.97. The van der Waals surface area contributed by atoms with Crippen molar-refractivity contribution in [3.63, 3.8) is 0 Å². The number of aromatic nitrogens is 1. The molecular formula is C13H18N4O. The lowest BCUT2D eigenvalue weighted by Crippen LogP contribution is -2.39. The molecule has 0 amide bonds. The lowest BCUT2D eigenvalue weighted by atomic mass is 10.2. The lowest BCUT2D eigenvalue weighted by molar-refractivity contribution is 0.300. The Morgan fingerprint density at radius 1 is 1.61 bits per heavy atom. The Hall–Kier alpha value is -1.64. The van der Waals surface area contributed by atoms with Crippen LogP contribution in [-0.2, 0) is 0 Å². The van der Waals surface area contributed by atoms with Gasteiger partial charge in [-0.05, 0) is 31.5 Å². The van der Waals surface area contributed by atoms with Gasteiger partial charge in [0.15, 0.2) is 5.69 Å². The van der Waals surface area contributed by atoms with Gasteiger partial charge in [-0.1, -0.05) is 0 Å². The Bertz CT molecular complexity index is 423. The Morgan fingerprint density at radius 2 is 2.50 bits per heavy atom. The minimum atomic E-state index is 0.0759. The van der Waals surface area contributed by atoms with Gasteiger partial charge >= 0.3 is 0 Å². The van der Waals surface area contributed by atoms with Crippen molar-refractivity contribution in [1.82, 2.24) is 10.3 Å². The maximum atomic E-state index is 9.17. The van der Waals surface area contributed by atoms with Crippen LogP contribution in [0.25, 0.3) is 0 Å². The lowest BCUT2D eigenvalue weighted by Gasteiger charge is -2.27. The Balaban J connectivity index is 2.15. The number of aliphatic hydroxyl groups excluding tert-OH is 1. The largest absolute Gasteiger partial charge is 0.395 e. The standard InChI is InChI=1S/C13H18N4O/c14-9-12-13(4-2-6-16-12)17(7-8-18)10-11-3-1-5-15-11/h2,4,6,11,15,18H,1,3,5,7-8,10H2. The zero-order valence-corrected chi connectivity index (χ0v) is 10.3. The third-order valence-corrected chi connectivity index (χ3v) is 3.21. The van der Waals surface area contributed by atoms with E-state index in [1.54, 1.807) is 6.20 Å². The summed E-state index contributed by atoms with van der Waals surface area (Å²) in [6, 6.07) is 6.25. The molecule has 5 heteroatoms. The fourth-order valence-electron chi connectivity index (χ4n) is 2.35. The van der Waals surface area contributed by atoms with Crippen LogP contribution in [0.15, 0.2) is 18.3 Å². The van der Waals surface area contributed by atoms with Crippen LogP contribution in [0.2, 0.25) is 0 Å². The van der Waals surface area contributed by atoms with Gasteiger partial charge in [-0.15, -0.1) is 0 Å². The molecule has 0 aromatic carbocycles. The minimum absolute atomic E-state index is 0.0759. The molecule has 5 nitrogen and oxygen atoms in total. The van der Waals surface area contributed by atoms with Gasteiger partial charge in [0.2, 0.25) is 0 Å². The molecule has 2 N–H and O–H groups in total. The van der Waals surface area contributed by atoms with Crippen molar-refractivity contribution in [2.24, 2.45) is 0 Å². The number of anilines is 1. The highest BCUT2D eigenvalue weighted by molar-refractivity contribution is 5.55. The molecule has 0 aliphatic carbocycles. The molecule has 1 saturated heterocycles. The molecule has 1 atom stereocenters. The summed E-state index contributed by atoms with van der Waals surface area (Å²) in [5.41, 5.74) is 1.23. The van der Waals surface area contributed by atoms with E-state index in [-0.39, 0.29) is 6.61 Å². The molecule has 1 aliphatic rings. The topological polar surface area (TPSA) is 72.2 Å². The Morgan fingerprint density at radius 3 is 3.17 bits per heavy atom. The average Bonchev–Trinajstić information content (AvgIpc) is 2.91. The van der Waals surface area contributed by atoms with Crippen molar-refractivity contribution in [2.45, 2.75) is 18.9 Å². The minimum Gasteiger partial charge on any atom is -0.395 e. The van der Waals surface area contributed by atoms with E-state index < -0.39 is 0 Å². The molecule has 18 heavy (non-hydrogen) atoms. The summed E-state index contributed by atoms with van der Waals surface area (Å²) in [6.07, 6.45) is 3.95. The predicted molar refractivity (Wildman–Crippen MR) is 69.3 cm³/mol. The summed E-state index contributed by atoms with van der Waals surface area (Å²) < 4.78 is 0. The highest BCUT2D eigenvalue weighted by Crippen LogP contribution is 2.19. The van der Waals surface area contributed by atoms with E-state index in [0.29, 0.717) is 18.3 Å². The first-order valence-electron chi connectivity index (χ1n) is 6.29. The quantitative estimate of drug-likeness (QED) is 0.791. The van der Waals surface area contributed by atoms with Gasteiger partial charge in [0.05, 0.1) is 12.3 Å². The van der Waals surface area contributed by atoms with Crippen molar-refractivity contribution in [3.05, 3.63) is 24.0 Å². The van der Waals surface area contributed by atoms with Gasteiger partial charge in [-0.2, -0.15) is 5.26 Å². The van der Waals surface area contributed by atoms with Crippen molar-refractivity contribution >= 4 is 5.69 Å². The van der Waals surface area contributed by atoms with E-state index >= 15 is 0 Å². The number of rotatable bonds is 5. The number of pyridine rings is 1. The molecule has 1 aromatic heterocycles. The van der Waals surface area contributed by atoms with Crippen LogP contribution in [0.3, 0.4) is 0 Å². The van der Waals surface area contributed by atoms with E-state index in [1.165, 1.54) is 6.42 Å². The second-order valence-electron chi connectivity index (χ2n) is 4.45. The van der Waals surface area contributed by atoms with E-state index in [4.69, 9.17) is 5.26 Å². The van der Waals surface area contributed by atoms with Crippen LogP contribution in [0.4, 0.5) is 5.69 Å². The van der Waals surface area contributed by atoms with Gasteiger partial charge in [-0.25, -0.2) is 4.98 Å². The summed E-state index contributed by atoms with van der Waals surface area (Å²) >= 11 is 0. The second kappa shape index (κ2) is 6.34. The normalized spacial score (nSPS) is 18.6. The summed E-state index contributed by atoms with van der Waals surface area (Å²) in [5, 5.41) is 21.7. The number of nitrogens with one attached hydrogen (secondary N) is 1. The van der Waals surface area contributed by atoms with Crippen LogP contribution in [0.1, 0.15) is 18.5 Å². The van der Waals surface area contributed by atoms with Crippen LogP contribution < -0.4 is 10.2 Å². The number of aliphatic hydroxyl groups is 1. The molecule has 1 aromatic rings. The molecule has 0 radical (unpaired) electrons. The summed E-state index contributed by atoms with van der Waals surface area (Å²) in [5.74, 6) is 0. The van der Waals surface area contributed by atoms with Crippen LogP contribution in [0, 0.1) is 11.3 Å². The monoisotopic (exact) mass is 246 g/mol. The maximum Gasteiger partial charge on any atom is 0.163 e. The zero-order chi connectivity index (χ0) is 12.8. The predicted octanol–water partition coefficient (Wildman–Crippen LogP) is 0.504. The molecule has 2 rings (SSSR count). The fourth-order valence-corrected chi connectivity index (χ4v) is 2.35. The van der Waals surface area contributed by atoms with E-state index in [2.05, 4.69) is 16.4 Å². The van der Waals surface area contributed by atoms with Crippen LogP contribution in [0.5, 0.6) is 0 Å². The molecule has 1 aliphatic heterocycles. The SMILES string of the molecule is N#Cc1ncccc1N(CCO)CC1CCCN1. The number of nitriles is 1. The molecular weight excluding hydrogens is 228 g/mol. The first-order chi connectivity index (χ1) is 8.85.